The monoisotopic (exact) mass is 332 g/mol. The molecule has 0 aromatic heterocycles. The van der Waals surface area contributed by atoms with Crippen LogP contribution in [0.3, 0.4) is 0 Å². The predicted molar refractivity (Wildman–Crippen MR) is 87.4 cm³/mol. The molecule has 0 N–H and O–H groups in total. The molecular formula is C18H17ClO4. The molecule has 0 amide bonds. The lowest BCUT2D eigenvalue weighted by atomic mass is 10.1. The number of rotatable bonds is 4. The van der Waals surface area contributed by atoms with E-state index in [1.54, 1.807) is 24.3 Å². The van der Waals surface area contributed by atoms with Crippen LogP contribution in [0, 0.1) is 0 Å². The van der Waals surface area contributed by atoms with Crippen LogP contribution in [0.5, 0.6) is 11.5 Å². The van der Waals surface area contributed by atoms with E-state index in [9.17, 15) is 4.79 Å². The van der Waals surface area contributed by atoms with Gasteiger partial charge in [-0.25, -0.2) is 4.79 Å². The van der Waals surface area contributed by atoms with Gasteiger partial charge in [0.2, 0.25) is 0 Å². The number of carbonyl (C=O) groups is 1. The van der Waals surface area contributed by atoms with E-state index < -0.39 is 0 Å². The Kier molecular flexibility index (Phi) is 4.72. The molecule has 0 unspecified atom stereocenters. The minimum Gasteiger partial charge on any atom is -0.486 e. The minimum atomic E-state index is -0.362. The van der Waals surface area contributed by atoms with Crippen molar-refractivity contribution in [2.75, 3.05) is 13.2 Å². The third-order valence-corrected chi connectivity index (χ3v) is 3.91. The van der Waals surface area contributed by atoms with Crippen LogP contribution < -0.4 is 9.47 Å². The summed E-state index contributed by atoms with van der Waals surface area (Å²) in [7, 11) is 0. The highest BCUT2D eigenvalue weighted by Crippen LogP contribution is 2.38. The number of hydrogen-bond acceptors (Lipinski definition) is 4. The van der Waals surface area contributed by atoms with Gasteiger partial charge in [0.05, 0.1) is 10.6 Å². The fraction of sp³-hybridized carbons (Fsp3) is 0.278. The van der Waals surface area contributed by atoms with E-state index in [1.807, 2.05) is 12.1 Å². The first kappa shape index (κ1) is 15.7. The molecule has 23 heavy (non-hydrogen) atoms. The summed E-state index contributed by atoms with van der Waals surface area (Å²) in [4.78, 5) is 12.1. The summed E-state index contributed by atoms with van der Waals surface area (Å²) in [6.45, 7) is 3.16. The van der Waals surface area contributed by atoms with Gasteiger partial charge in [0.15, 0.2) is 11.5 Å². The number of benzene rings is 2. The zero-order valence-electron chi connectivity index (χ0n) is 12.8. The average molecular weight is 333 g/mol. The van der Waals surface area contributed by atoms with Crippen LogP contribution in [0.25, 0.3) is 0 Å². The summed E-state index contributed by atoms with van der Waals surface area (Å²) >= 11 is 6.17. The van der Waals surface area contributed by atoms with Crippen LogP contribution in [-0.2, 0) is 17.8 Å². The summed E-state index contributed by atoms with van der Waals surface area (Å²) in [5, 5.41) is 0.459. The molecule has 1 aliphatic heterocycles. The highest BCUT2D eigenvalue weighted by Gasteiger charge is 2.17. The van der Waals surface area contributed by atoms with Crippen molar-refractivity contribution in [3.05, 3.63) is 58.1 Å². The smallest absolute Gasteiger partial charge is 0.338 e. The van der Waals surface area contributed by atoms with Crippen LogP contribution in [0.1, 0.15) is 28.4 Å². The van der Waals surface area contributed by atoms with Crippen molar-refractivity contribution < 1.29 is 19.0 Å². The Balaban J connectivity index is 1.67. The lowest BCUT2D eigenvalue weighted by Crippen LogP contribution is -2.16. The number of aryl methyl sites for hydroxylation is 1. The first-order valence-electron chi connectivity index (χ1n) is 7.51. The number of fused-ring (bicyclic) bond motifs is 1. The highest BCUT2D eigenvalue weighted by atomic mass is 35.5. The number of hydrogen-bond donors (Lipinski definition) is 0. The molecule has 2 aromatic rings. The van der Waals surface area contributed by atoms with Gasteiger partial charge in [-0.1, -0.05) is 30.7 Å². The second-order valence-corrected chi connectivity index (χ2v) is 5.64. The molecule has 0 radical (unpaired) electrons. The van der Waals surface area contributed by atoms with E-state index in [-0.39, 0.29) is 12.6 Å². The maximum atomic E-state index is 12.1. The van der Waals surface area contributed by atoms with Crippen molar-refractivity contribution >= 4 is 17.6 Å². The van der Waals surface area contributed by atoms with Gasteiger partial charge >= 0.3 is 5.97 Å². The maximum absolute atomic E-state index is 12.1. The van der Waals surface area contributed by atoms with Crippen LogP contribution >= 0.6 is 11.6 Å². The molecule has 4 nitrogen and oxygen atoms in total. The van der Waals surface area contributed by atoms with E-state index >= 15 is 0 Å². The fourth-order valence-electron chi connectivity index (χ4n) is 2.36. The van der Waals surface area contributed by atoms with Gasteiger partial charge in [0, 0.05) is 0 Å². The average Bonchev–Trinajstić information content (AvgIpc) is 2.60. The Bertz CT molecular complexity index is 710. The van der Waals surface area contributed by atoms with Crippen molar-refractivity contribution in [3.63, 3.8) is 0 Å². The first-order chi connectivity index (χ1) is 11.2. The third kappa shape index (κ3) is 3.59. The molecule has 5 heteroatoms. The Morgan fingerprint density at radius 2 is 1.87 bits per heavy atom. The zero-order valence-corrected chi connectivity index (χ0v) is 13.6. The second-order valence-electron chi connectivity index (χ2n) is 5.23. The minimum absolute atomic E-state index is 0.130. The molecule has 3 rings (SSSR count). The van der Waals surface area contributed by atoms with Gasteiger partial charge in [-0.05, 0) is 41.8 Å². The van der Waals surface area contributed by atoms with Gasteiger partial charge < -0.3 is 14.2 Å². The zero-order chi connectivity index (χ0) is 16.2. The van der Waals surface area contributed by atoms with Crippen molar-refractivity contribution in [1.29, 1.82) is 0 Å². The fourth-order valence-corrected chi connectivity index (χ4v) is 2.64. The van der Waals surface area contributed by atoms with Gasteiger partial charge in [-0.3, -0.25) is 0 Å². The summed E-state index contributed by atoms with van der Waals surface area (Å²) in [6, 6.07) is 10.9. The molecular weight excluding hydrogens is 316 g/mol. The molecule has 0 spiro atoms. The van der Waals surface area contributed by atoms with E-state index in [4.69, 9.17) is 25.8 Å². The molecule has 0 aliphatic carbocycles. The van der Waals surface area contributed by atoms with E-state index in [2.05, 4.69) is 6.92 Å². The van der Waals surface area contributed by atoms with Gasteiger partial charge in [-0.2, -0.15) is 0 Å². The number of carbonyl (C=O) groups excluding carboxylic acids is 1. The van der Waals surface area contributed by atoms with Crippen molar-refractivity contribution in [3.8, 4) is 11.5 Å². The lowest BCUT2D eigenvalue weighted by molar-refractivity contribution is 0.0472. The second kappa shape index (κ2) is 6.92. The molecule has 0 bridgehead atoms. The molecule has 0 atom stereocenters. The number of ether oxygens (including phenoxy) is 3. The van der Waals surface area contributed by atoms with Crippen molar-refractivity contribution in [2.24, 2.45) is 0 Å². The first-order valence-corrected chi connectivity index (χ1v) is 7.89. The molecule has 120 valence electrons. The van der Waals surface area contributed by atoms with E-state index in [1.165, 1.54) is 5.56 Å². The Labute approximate surface area is 139 Å². The van der Waals surface area contributed by atoms with Crippen LogP contribution in [0.2, 0.25) is 5.02 Å². The summed E-state index contributed by atoms with van der Waals surface area (Å²) in [5.41, 5.74) is 2.48. The normalized spacial score (nSPS) is 12.8. The van der Waals surface area contributed by atoms with E-state index in [0.717, 1.165) is 12.0 Å². The summed E-state index contributed by atoms with van der Waals surface area (Å²) in [5.74, 6) is 0.768. The number of halogens is 1. The predicted octanol–water partition coefficient (Wildman–Crippen LogP) is 4.03. The Morgan fingerprint density at radius 3 is 2.61 bits per heavy atom. The molecule has 0 saturated heterocycles. The SMILES string of the molecule is CCc1ccc(C(=O)OCc2cc(Cl)c3c(c2)OCCO3)cc1. The third-order valence-electron chi connectivity index (χ3n) is 3.62. The van der Waals surface area contributed by atoms with Gasteiger partial charge in [0.1, 0.15) is 19.8 Å². The maximum Gasteiger partial charge on any atom is 0.338 e. The van der Waals surface area contributed by atoms with Crippen molar-refractivity contribution in [1.82, 2.24) is 0 Å². The van der Waals surface area contributed by atoms with Crippen LogP contribution in [0.15, 0.2) is 36.4 Å². The molecule has 1 aliphatic rings. The van der Waals surface area contributed by atoms with Crippen molar-refractivity contribution in [2.45, 2.75) is 20.0 Å². The summed E-state index contributed by atoms with van der Waals surface area (Å²) < 4.78 is 16.3. The van der Waals surface area contributed by atoms with Gasteiger partial charge in [0.25, 0.3) is 0 Å². The summed E-state index contributed by atoms with van der Waals surface area (Å²) in [6.07, 6.45) is 0.936. The molecule has 0 fully saturated rings. The largest absolute Gasteiger partial charge is 0.486 e. The molecule has 0 saturated carbocycles. The van der Waals surface area contributed by atoms with Crippen LogP contribution in [-0.4, -0.2) is 19.2 Å². The standard InChI is InChI=1S/C18H17ClO4/c1-2-12-3-5-14(6-4-12)18(20)23-11-13-9-15(19)17-16(10-13)21-7-8-22-17/h3-6,9-10H,2,7-8,11H2,1H3. The van der Waals surface area contributed by atoms with E-state index in [0.29, 0.717) is 35.3 Å². The Hall–Kier alpha value is -2.20. The topological polar surface area (TPSA) is 44.8 Å². The Morgan fingerprint density at radius 1 is 1.13 bits per heavy atom. The number of esters is 1. The molecule has 1 heterocycles. The molecule has 2 aromatic carbocycles. The van der Waals surface area contributed by atoms with Crippen LogP contribution in [0.4, 0.5) is 0 Å². The lowest BCUT2D eigenvalue weighted by Gasteiger charge is -2.20. The van der Waals surface area contributed by atoms with Gasteiger partial charge in [-0.15, -0.1) is 0 Å². The highest BCUT2D eigenvalue weighted by molar-refractivity contribution is 6.32. The quantitative estimate of drug-likeness (QED) is 0.793.